The molecular formula is C40H50N2. The molecule has 2 heteroatoms. The van der Waals surface area contributed by atoms with E-state index in [4.69, 9.17) is 11.5 Å². The van der Waals surface area contributed by atoms with E-state index in [9.17, 15) is 0 Å². The zero-order chi connectivity index (χ0) is 29.5. The summed E-state index contributed by atoms with van der Waals surface area (Å²) >= 11 is 0. The lowest BCUT2D eigenvalue weighted by atomic mass is 9.62. The number of aryl methyl sites for hydroxylation is 2. The molecule has 0 amide bonds. The SMILES string of the molecule is CCCc1cc(Cc2ccc(C3(c4ccc(Cc5ccc(N)c(CCC)c5)cc4)CCC(CC)CC3)cc2)ccc1N. The van der Waals surface area contributed by atoms with Gasteiger partial charge in [-0.2, -0.15) is 0 Å². The first-order valence-corrected chi connectivity index (χ1v) is 16.4. The predicted octanol–water partition coefficient (Wildman–Crippen LogP) is 9.82. The van der Waals surface area contributed by atoms with Gasteiger partial charge in [0.2, 0.25) is 0 Å². The summed E-state index contributed by atoms with van der Waals surface area (Å²) in [6.45, 7) is 6.78. The van der Waals surface area contributed by atoms with Gasteiger partial charge in [0.15, 0.2) is 0 Å². The van der Waals surface area contributed by atoms with Crippen LogP contribution in [0.1, 0.15) is 110 Å². The van der Waals surface area contributed by atoms with Crippen molar-refractivity contribution in [3.05, 3.63) is 129 Å². The molecule has 0 heterocycles. The van der Waals surface area contributed by atoms with E-state index in [1.165, 1.54) is 76.6 Å². The summed E-state index contributed by atoms with van der Waals surface area (Å²) < 4.78 is 0. The quantitative estimate of drug-likeness (QED) is 0.180. The van der Waals surface area contributed by atoms with Crippen molar-refractivity contribution in [2.75, 3.05) is 11.5 Å². The zero-order valence-corrected chi connectivity index (χ0v) is 26.1. The van der Waals surface area contributed by atoms with Crippen LogP contribution in [0.2, 0.25) is 0 Å². The third-order valence-corrected chi connectivity index (χ3v) is 9.82. The van der Waals surface area contributed by atoms with Gasteiger partial charge in [-0.15, -0.1) is 0 Å². The molecule has 0 saturated heterocycles. The second-order valence-electron chi connectivity index (χ2n) is 12.7. The normalized spacial score (nSPS) is 15.1. The molecule has 42 heavy (non-hydrogen) atoms. The molecule has 1 aliphatic carbocycles. The smallest absolute Gasteiger partial charge is 0.0346 e. The van der Waals surface area contributed by atoms with Gasteiger partial charge in [-0.3, -0.25) is 0 Å². The van der Waals surface area contributed by atoms with Gasteiger partial charge in [-0.1, -0.05) is 113 Å². The van der Waals surface area contributed by atoms with Gasteiger partial charge in [0.05, 0.1) is 0 Å². The minimum absolute atomic E-state index is 0.0910. The predicted molar refractivity (Wildman–Crippen MR) is 181 cm³/mol. The third-order valence-electron chi connectivity index (χ3n) is 9.82. The summed E-state index contributed by atoms with van der Waals surface area (Å²) in [6, 6.07) is 32.3. The Morgan fingerprint density at radius 1 is 0.571 bits per heavy atom. The molecule has 5 rings (SSSR count). The van der Waals surface area contributed by atoms with Crippen LogP contribution in [0, 0.1) is 5.92 Å². The molecule has 1 saturated carbocycles. The largest absolute Gasteiger partial charge is 0.399 e. The summed E-state index contributed by atoms with van der Waals surface area (Å²) in [5, 5.41) is 0. The molecule has 1 fully saturated rings. The maximum Gasteiger partial charge on any atom is 0.0346 e. The van der Waals surface area contributed by atoms with Crippen LogP contribution in [-0.2, 0) is 31.1 Å². The molecule has 0 atom stereocenters. The second-order valence-corrected chi connectivity index (χ2v) is 12.7. The molecule has 0 aromatic heterocycles. The fourth-order valence-electron chi connectivity index (χ4n) is 7.19. The Kier molecular flexibility index (Phi) is 9.73. The Morgan fingerprint density at radius 3 is 1.36 bits per heavy atom. The van der Waals surface area contributed by atoms with Crippen molar-refractivity contribution in [3.63, 3.8) is 0 Å². The average Bonchev–Trinajstić information content (AvgIpc) is 3.01. The highest BCUT2D eigenvalue weighted by atomic mass is 14.6. The molecule has 0 bridgehead atoms. The lowest BCUT2D eigenvalue weighted by Crippen LogP contribution is -2.33. The van der Waals surface area contributed by atoms with Crippen LogP contribution in [0.4, 0.5) is 11.4 Å². The van der Waals surface area contributed by atoms with Gasteiger partial charge in [-0.05, 0) is 114 Å². The van der Waals surface area contributed by atoms with E-state index in [1.54, 1.807) is 0 Å². The second kappa shape index (κ2) is 13.6. The Labute approximate surface area is 254 Å². The lowest BCUT2D eigenvalue weighted by molar-refractivity contribution is 0.260. The Hall–Kier alpha value is -3.52. The van der Waals surface area contributed by atoms with Crippen molar-refractivity contribution >= 4 is 11.4 Å². The summed E-state index contributed by atoms with van der Waals surface area (Å²) in [5.74, 6) is 0.849. The first-order chi connectivity index (χ1) is 20.4. The van der Waals surface area contributed by atoms with E-state index >= 15 is 0 Å². The van der Waals surface area contributed by atoms with Crippen molar-refractivity contribution in [1.29, 1.82) is 0 Å². The van der Waals surface area contributed by atoms with Gasteiger partial charge in [0.1, 0.15) is 0 Å². The van der Waals surface area contributed by atoms with Crippen molar-refractivity contribution in [3.8, 4) is 0 Å². The van der Waals surface area contributed by atoms with Gasteiger partial charge in [0.25, 0.3) is 0 Å². The molecule has 0 radical (unpaired) electrons. The molecule has 1 aliphatic rings. The lowest BCUT2D eigenvalue weighted by Gasteiger charge is -2.41. The van der Waals surface area contributed by atoms with E-state index in [1.807, 2.05) is 0 Å². The zero-order valence-electron chi connectivity index (χ0n) is 26.1. The van der Waals surface area contributed by atoms with Crippen LogP contribution < -0.4 is 11.5 Å². The summed E-state index contributed by atoms with van der Waals surface area (Å²) in [6.07, 6.45) is 12.5. The Balaban J connectivity index is 1.38. The molecule has 2 nitrogen and oxygen atoms in total. The van der Waals surface area contributed by atoms with Gasteiger partial charge in [-0.25, -0.2) is 0 Å². The van der Waals surface area contributed by atoms with E-state index in [0.29, 0.717) is 0 Å². The molecule has 220 valence electrons. The fourth-order valence-corrected chi connectivity index (χ4v) is 7.19. The third kappa shape index (κ3) is 6.75. The van der Waals surface area contributed by atoms with Crippen molar-refractivity contribution in [2.24, 2.45) is 5.92 Å². The Morgan fingerprint density at radius 2 is 0.976 bits per heavy atom. The topological polar surface area (TPSA) is 52.0 Å². The van der Waals surface area contributed by atoms with Crippen molar-refractivity contribution in [2.45, 2.75) is 96.8 Å². The van der Waals surface area contributed by atoms with Crippen molar-refractivity contribution in [1.82, 2.24) is 0 Å². The molecule has 4 N–H and O–H groups in total. The summed E-state index contributed by atoms with van der Waals surface area (Å²) in [7, 11) is 0. The maximum atomic E-state index is 6.23. The van der Waals surface area contributed by atoms with Crippen LogP contribution in [-0.4, -0.2) is 0 Å². The number of hydrogen-bond donors (Lipinski definition) is 2. The maximum absolute atomic E-state index is 6.23. The first kappa shape index (κ1) is 30.0. The molecule has 0 aliphatic heterocycles. The highest BCUT2D eigenvalue weighted by Crippen LogP contribution is 2.47. The van der Waals surface area contributed by atoms with Gasteiger partial charge in [0, 0.05) is 16.8 Å². The van der Waals surface area contributed by atoms with Crippen LogP contribution in [0.15, 0.2) is 84.9 Å². The van der Waals surface area contributed by atoms with Crippen LogP contribution in [0.5, 0.6) is 0 Å². The average molecular weight is 559 g/mol. The fraction of sp³-hybridized carbons (Fsp3) is 0.400. The van der Waals surface area contributed by atoms with E-state index < -0.39 is 0 Å². The number of anilines is 2. The molecule has 0 spiro atoms. The highest BCUT2D eigenvalue weighted by Gasteiger charge is 2.38. The number of rotatable bonds is 11. The van der Waals surface area contributed by atoms with E-state index in [0.717, 1.165) is 55.8 Å². The number of benzene rings is 4. The van der Waals surface area contributed by atoms with Gasteiger partial charge >= 0.3 is 0 Å². The van der Waals surface area contributed by atoms with Crippen LogP contribution >= 0.6 is 0 Å². The van der Waals surface area contributed by atoms with E-state index in [-0.39, 0.29) is 5.41 Å². The molecule has 0 unspecified atom stereocenters. The highest BCUT2D eigenvalue weighted by molar-refractivity contribution is 5.51. The standard InChI is InChI=1S/C40H50N2/c1-4-7-34-27-32(13-19-38(34)41)25-30-9-15-36(16-10-30)40(23-21-29(6-3)22-24-40)37-17-11-31(12-18-37)26-33-14-20-39(42)35(28-33)8-5-2/h9-20,27-29H,4-8,21-26,41-42H2,1-3H3. The Bertz CT molecular complexity index is 1340. The summed E-state index contributed by atoms with van der Waals surface area (Å²) in [5.41, 5.74) is 25.3. The number of hydrogen-bond acceptors (Lipinski definition) is 2. The van der Waals surface area contributed by atoms with Crippen molar-refractivity contribution < 1.29 is 0 Å². The number of nitrogen functional groups attached to an aromatic ring is 2. The first-order valence-electron chi connectivity index (χ1n) is 16.4. The summed E-state index contributed by atoms with van der Waals surface area (Å²) in [4.78, 5) is 0. The van der Waals surface area contributed by atoms with Crippen LogP contribution in [0.25, 0.3) is 0 Å². The molecule has 4 aromatic carbocycles. The molecular weight excluding hydrogens is 508 g/mol. The minimum atomic E-state index is 0.0910. The minimum Gasteiger partial charge on any atom is -0.399 e. The monoisotopic (exact) mass is 558 g/mol. The van der Waals surface area contributed by atoms with Crippen LogP contribution in [0.3, 0.4) is 0 Å². The number of nitrogens with two attached hydrogens (primary N) is 2. The molecule has 4 aromatic rings. The van der Waals surface area contributed by atoms with Gasteiger partial charge < -0.3 is 11.5 Å². The van der Waals surface area contributed by atoms with E-state index in [2.05, 4.69) is 106 Å².